The molecule has 0 atom stereocenters. The molecule has 0 radical (unpaired) electrons. The first-order chi connectivity index (χ1) is 15.6. The predicted molar refractivity (Wildman–Crippen MR) is 128 cm³/mol. The van der Waals surface area contributed by atoms with Crippen LogP contribution < -0.4 is 10.3 Å². The van der Waals surface area contributed by atoms with E-state index in [1.807, 2.05) is 47.0 Å². The van der Waals surface area contributed by atoms with E-state index in [2.05, 4.69) is 0 Å². The molecular weight excluding hydrogens is 446 g/mol. The monoisotopic (exact) mass is 473 g/mol. The number of ether oxygens (including phenoxy) is 1. The van der Waals surface area contributed by atoms with Crippen LogP contribution >= 0.6 is 23.5 Å². The SMILES string of the molecule is COc1cc(=O)n2c(c1C(=O)N1CCSCC1)CCN(C(=O)CSc1ccccc1)CC2. The van der Waals surface area contributed by atoms with Gasteiger partial charge in [0, 0.05) is 67.3 Å². The molecule has 0 aliphatic carbocycles. The Balaban J connectivity index is 1.54. The smallest absolute Gasteiger partial charge is 0.259 e. The van der Waals surface area contributed by atoms with Crippen LogP contribution in [0.5, 0.6) is 5.75 Å². The first-order valence-electron chi connectivity index (χ1n) is 10.7. The Hall–Kier alpha value is -2.39. The molecule has 32 heavy (non-hydrogen) atoms. The van der Waals surface area contributed by atoms with Gasteiger partial charge in [-0.2, -0.15) is 11.8 Å². The second kappa shape index (κ2) is 10.5. The average Bonchev–Trinajstić information content (AvgIpc) is 3.07. The topological polar surface area (TPSA) is 71.8 Å². The number of amides is 2. The normalized spacial score (nSPS) is 16.3. The van der Waals surface area contributed by atoms with E-state index in [1.165, 1.54) is 24.9 Å². The quantitative estimate of drug-likeness (QED) is 0.620. The second-order valence-corrected chi connectivity index (χ2v) is 9.93. The molecule has 1 fully saturated rings. The zero-order chi connectivity index (χ0) is 22.5. The van der Waals surface area contributed by atoms with Gasteiger partial charge in [0.05, 0.1) is 12.9 Å². The fourth-order valence-electron chi connectivity index (χ4n) is 4.07. The van der Waals surface area contributed by atoms with Crippen LogP contribution in [0.1, 0.15) is 16.1 Å². The zero-order valence-electron chi connectivity index (χ0n) is 18.1. The van der Waals surface area contributed by atoms with Gasteiger partial charge in [0.25, 0.3) is 11.5 Å². The van der Waals surface area contributed by atoms with Crippen molar-refractivity contribution in [1.82, 2.24) is 14.4 Å². The van der Waals surface area contributed by atoms with Crippen molar-refractivity contribution >= 4 is 35.3 Å². The third-order valence-corrected chi connectivity index (χ3v) is 7.72. The molecule has 0 saturated carbocycles. The van der Waals surface area contributed by atoms with Crippen molar-refractivity contribution in [2.24, 2.45) is 0 Å². The summed E-state index contributed by atoms with van der Waals surface area (Å²) in [5.74, 6) is 2.42. The number of thioether (sulfide) groups is 2. The van der Waals surface area contributed by atoms with Crippen molar-refractivity contribution in [3.05, 3.63) is 58.0 Å². The van der Waals surface area contributed by atoms with E-state index in [0.717, 1.165) is 16.4 Å². The molecular formula is C23H27N3O4S2. The van der Waals surface area contributed by atoms with Crippen molar-refractivity contribution in [2.75, 3.05) is 50.5 Å². The van der Waals surface area contributed by atoms with Gasteiger partial charge in [0.15, 0.2) is 0 Å². The van der Waals surface area contributed by atoms with Crippen molar-refractivity contribution in [2.45, 2.75) is 17.9 Å². The van der Waals surface area contributed by atoms with Gasteiger partial charge < -0.3 is 19.1 Å². The maximum Gasteiger partial charge on any atom is 0.259 e. The highest BCUT2D eigenvalue weighted by molar-refractivity contribution is 8.00. The number of hydrogen-bond donors (Lipinski definition) is 0. The predicted octanol–water partition coefficient (Wildman–Crippen LogP) is 2.22. The number of hydrogen-bond acceptors (Lipinski definition) is 6. The summed E-state index contributed by atoms with van der Waals surface area (Å²) in [7, 11) is 1.49. The molecule has 1 saturated heterocycles. The summed E-state index contributed by atoms with van der Waals surface area (Å²) in [4.78, 5) is 43.7. The summed E-state index contributed by atoms with van der Waals surface area (Å²) in [6.45, 7) is 2.66. The summed E-state index contributed by atoms with van der Waals surface area (Å²) >= 11 is 3.34. The van der Waals surface area contributed by atoms with Crippen LogP contribution in [0.3, 0.4) is 0 Å². The van der Waals surface area contributed by atoms with Gasteiger partial charge in [-0.05, 0) is 12.1 Å². The minimum absolute atomic E-state index is 0.0348. The lowest BCUT2D eigenvalue weighted by Crippen LogP contribution is -2.39. The Morgan fingerprint density at radius 1 is 1.03 bits per heavy atom. The van der Waals surface area contributed by atoms with Crippen LogP contribution in [0.4, 0.5) is 0 Å². The molecule has 2 aromatic rings. The van der Waals surface area contributed by atoms with Gasteiger partial charge >= 0.3 is 0 Å². The molecule has 0 N–H and O–H groups in total. The third-order valence-electron chi connectivity index (χ3n) is 5.78. The molecule has 170 valence electrons. The lowest BCUT2D eigenvalue weighted by molar-refractivity contribution is -0.128. The first-order valence-corrected chi connectivity index (χ1v) is 12.9. The van der Waals surface area contributed by atoms with E-state index in [1.54, 1.807) is 9.47 Å². The number of nitrogens with zero attached hydrogens (tertiary/aromatic N) is 3. The molecule has 2 aliphatic rings. The number of methoxy groups -OCH3 is 1. The highest BCUT2D eigenvalue weighted by Crippen LogP contribution is 2.26. The highest BCUT2D eigenvalue weighted by Gasteiger charge is 2.29. The molecule has 2 amide bonds. The van der Waals surface area contributed by atoms with E-state index in [4.69, 9.17) is 4.74 Å². The number of carbonyl (C=O) groups is 2. The van der Waals surface area contributed by atoms with E-state index >= 15 is 0 Å². The standard InChI is InChI=1S/C23H27N3O4S2/c1-30-19-15-20(27)26-10-9-24(21(28)16-32-17-5-3-2-4-6-17)8-7-18(26)22(19)23(29)25-11-13-31-14-12-25/h2-6,15H,7-14,16H2,1H3. The van der Waals surface area contributed by atoms with E-state index in [-0.39, 0.29) is 17.4 Å². The molecule has 4 rings (SSSR count). The molecule has 1 aromatic carbocycles. The number of carbonyl (C=O) groups excluding carboxylic acids is 2. The molecule has 0 spiro atoms. The van der Waals surface area contributed by atoms with Gasteiger partial charge in [-0.3, -0.25) is 14.4 Å². The highest BCUT2D eigenvalue weighted by atomic mass is 32.2. The second-order valence-electron chi connectivity index (χ2n) is 7.66. The van der Waals surface area contributed by atoms with Crippen molar-refractivity contribution in [3.63, 3.8) is 0 Å². The number of benzene rings is 1. The van der Waals surface area contributed by atoms with Crippen molar-refractivity contribution in [1.29, 1.82) is 0 Å². The van der Waals surface area contributed by atoms with E-state index in [9.17, 15) is 14.4 Å². The largest absolute Gasteiger partial charge is 0.496 e. The Morgan fingerprint density at radius 2 is 1.78 bits per heavy atom. The molecule has 9 heteroatoms. The van der Waals surface area contributed by atoms with Crippen molar-refractivity contribution < 1.29 is 14.3 Å². The summed E-state index contributed by atoms with van der Waals surface area (Å²) < 4.78 is 7.10. The summed E-state index contributed by atoms with van der Waals surface area (Å²) in [6.07, 6.45) is 0.442. The molecule has 1 aromatic heterocycles. The molecule has 7 nitrogen and oxygen atoms in total. The Bertz CT molecular complexity index is 1040. The van der Waals surface area contributed by atoms with Gasteiger partial charge in [-0.25, -0.2) is 0 Å². The fourth-order valence-corrected chi connectivity index (χ4v) is 5.79. The van der Waals surface area contributed by atoms with Crippen LogP contribution in [0.15, 0.2) is 46.1 Å². The first kappa shape index (κ1) is 22.8. The minimum atomic E-state index is -0.199. The van der Waals surface area contributed by atoms with Crippen LogP contribution in [0.25, 0.3) is 0 Å². The Morgan fingerprint density at radius 3 is 2.50 bits per heavy atom. The fraction of sp³-hybridized carbons (Fsp3) is 0.435. The number of aromatic nitrogens is 1. The number of rotatable bonds is 5. The van der Waals surface area contributed by atoms with Gasteiger partial charge in [-0.15, -0.1) is 11.8 Å². The van der Waals surface area contributed by atoms with Crippen LogP contribution in [0.2, 0.25) is 0 Å². The number of pyridine rings is 1. The Kier molecular flexibility index (Phi) is 7.47. The maximum atomic E-state index is 13.4. The van der Waals surface area contributed by atoms with Crippen LogP contribution in [-0.2, 0) is 17.8 Å². The molecule has 3 heterocycles. The molecule has 0 bridgehead atoms. The van der Waals surface area contributed by atoms with Crippen molar-refractivity contribution in [3.8, 4) is 5.75 Å². The maximum absolute atomic E-state index is 13.4. The summed E-state index contributed by atoms with van der Waals surface area (Å²) in [5, 5.41) is 0. The van der Waals surface area contributed by atoms with E-state index in [0.29, 0.717) is 61.9 Å². The summed E-state index contributed by atoms with van der Waals surface area (Å²) in [5.41, 5.74) is 0.936. The van der Waals surface area contributed by atoms with Crippen LogP contribution in [-0.4, -0.2) is 76.7 Å². The molecule has 2 aliphatic heterocycles. The zero-order valence-corrected chi connectivity index (χ0v) is 19.8. The van der Waals surface area contributed by atoms with E-state index < -0.39 is 0 Å². The average molecular weight is 474 g/mol. The number of fused-ring (bicyclic) bond motifs is 1. The van der Waals surface area contributed by atoms with Gasteiger partial charge in [0.1, 0.15) is 11.3 Å². The minimum Gasteiger partial charge on any atom is -0.496 e. The van der Waals surface area contributed by atoms with Gasteiger partial charge in [0.2, 0.25) is 5.91 Å². The lowest BCUT2D eigenvalue weighted by Gasteiger charge is -2.28. The lowest BCUT2D eigenvalue weighted by atomic mass is 10.1. The molecule has 0 unspecified atom stereocenters. The van der Waals surface area contributed by atoms with Crippen LogP contribution in [0, 0.1) is 0 Å². The van der Waals surface area contributed by atoms with Gasteiger partial charge in [-0.1, -0.05) is 18.2 Å². The summed E-state index contributed by atoms with van der Waals surface area (Å²) in [6, 6.07) is 11.2. The third kappa shape index (κ3) is 4.99. The Labute approximate surface area is 196 Å².